The number of amides is 2. The molecular formula is C30H25N5O2S. The Kier molecular flexibility index (Phi) is 6.31. The molecule has 2 aromatic heterocycles. The first-order valence-corrected chi connectivity index (χ1v) is 13.1. The highest BCUT2D eigenvalue weighted by molar-refractivity contribution is 8.18. The highest BCUT2D eigenvalue weighted by atomic mass is 32.2. The number of rotatable bonds is 7. The maximum Gasteiger partial charge on any atom is 0.266 e. The highest BCUT2D eigenvalue weighted by Crippen LogP contribution is 2.36. The molecule has 0 saturated carbocycles. The maximum atomic E-state index is 13.7. The molecule has 7 nitrogen and oxygen atoms in total. The maximum absolute atomic E-state index is 13.7. The molecular weight excluding hydrogens is 494 g/mol. The predicted molar refractivity (Wildman–Crippen MR) is 154 cm³/mol. The SMILES string of the molecule is NC(=O)Cn1cc(/C=C2\SC(=Nc3ccccc3)N(CCc3c[nH]c4ccccc34)C2=O)c2ccccc21. The Morgan fingerprint density at radius 1 is 0.974 bits per heavy atom. The van der Waals surface area contributed by atoms with E-state index in [1.807, 2.05) is 95.8 Å². The van der Waals surface area contributed by atoms with Crippen molar-refractivity contribution in [1.82, 2.24) is 14.5 Å². The summed E-state index contributed by atoms with van der Waals surface area (Å²) >= 11 is 1.37. The number of hydrogen-bond donors (Lipinski definition) is 2. The molecule has 0 aliphatic carbocycles. The number of aromatic amines is 1. The number of amidine groups is 1. The molecule has 5 aromatic rings. The van der Waals surface area contributed by atoms with Crippen molar-refractivity contribution in [2.45, 2.75) is 13.0 Å². The van der Waals surface area contributed by atoms with Gasteiger partial charge in [-0.2, -0.15) is 0 Å². The summed E-state index contributed by atoms with van der Waals surface area (Å²) in [6.07, 6.45) is 6.46. The molecule has 0 atom stereocenters. The molecule has 188 valence electrons. The number of para-hydroxylation sites is 3. The van der Waals surface area contributed by atoms with Crippen molar-refractivity contribution in [2.24, 2.45) is 10.7 Å². The largest absolute Gasteiger partial charge is 0.368 e. The van der Waals surface area contributed by atoms with Crippen LogP contribution in [0.15, 0.2) is 101 Å². The molecule has 38 heavy (non-hydrogen) atoms. The zero-order chi connectivity index (χ0) is 26.1. The fourth-order valence-corrected chi connectivity index (χ4v) is 5.82. The zero-order valence-electron chi connectivity index (χ0n) is 20.5. The van der Waals surface area contributed by atoms with E-state index in [9.17, 15) is 9.59 Å². The van der Waals surface area contributed by atoms with Crippen LogP contribution in [0.25, 0.3) is 27.9 Å². The highest BCUT2D eigenvalue weighted by Gasteiger charge is 2.33. The quantitative estimate of drug-likeness (QED) is 0.280. The lowest BCUT2D eigenvalue weighted by Crippen LogP contribution is -2.31. The third kappa shape index (κ3) is 4.62. The van der Waals surface area contributed by atoms with Crippen LogP contribution in [0.2, 0.25) is 0 Å². The Hall–Kier alpha value is -4.56. The Balaban J connectivity index is 1.36. The minimum absolute atomic E-state index is 0.0717. The standard InChI is InChI=1S/C30H25N5O2S/c31-28(36)19-34-18-21(24-11-5-7-13-26(24)34)16-27-29(37)35(30(38-27)33-22-8-2-1-3-9-22)15-14-20-17-32-25-12-6-4-10-23(20)25/h1-13,16-18,32H,14-15,19H2,(H2,31,36)/b27-16-,33-30?. The molecule has 0 bridgehead atoms. The van der Waals surface area contributed by atoms with Gasteiger partial charge in [0.15, 0.2) is 5.17 Å². The van der Waals surface area contributed by atoms with Gasteiger partial charge in [0.1, 0.15) is 6.54 Å². The number of thioether (sulfide) groups is 1. The number of nitrogens with two attached hydrogens (primary N) is 1. The number of carbonyl (C=O) groups excluding carboxylic acids is 2. The minimum atomic E-state index is -0.419. The molecule has 2 amide bonds. The number of hydrogen-bond acceptors (Lipinski definition) is 4. The number of nitrogens with zero attached hydrogens (tertiary/aromatic N) is 3. The second kappa shape index (κ2) is 10.1. The van der Waals surface area contributed by atoms with Gasteiger partial charge >= 0.3 is 0 Å². The second-order valence-corrected chi connectivity index (χ2v) is 10.1. The molecule has 0 spiro atoms. The number of H-pyrrole nitrogens is 1. The van der Waals surface area contributed by atoms with Crippen LogP contribution in [0.4, 0.5) is 5.69 Å². The van der Waals surface area contributed by atoms with Crippen LogP contribution in [0.5, 0.6) is 0 Å². The monoisotopic (exact) mass is 519 g/mol. The number of carbonyl (C=O) groups is 2. The first kappa shape index (κ1) is 23.8. The van der Waals surface area contributed by atoms with Gasteiger partial charge in [0.2, 0.25) is 5.91 Å². The van der Waals surface area contributed by atoms with Crippen molar-refractivity contribution < 1.29 is 9.59 Å². The van der Waals surface area contributed by atoms with Crippen LogP contribution in [0, 0.1) is 0 Å². The summed E-state index contributed by atoms with van der Waals surface area (Å²) in [5.41, 5.74) is 10.2. The number of benzene rings is 3. The summed E-state index contributed by atoms with van der Waals surface area (Å²) in [6, 6.07) is 25.6. The molecule has 0 radical (unpaired) electrons. The fraction of sp³-hybridized carbons (Fsp3) is 0.100. The van der Waals surface area contributed by atoms with Crippen molar-refractivity contribution in [3.8, 4) is 0 Å². The smallest absolute Gasteiger partial charge is 0.266 e. The van der Waals surface area contributed by atoms with E-state index in [1.165, 1.54) is 11.8 Å². The number of aliphatic imine (C=N–C) groups is 1. The van der Waals surface area contributed by atoms with Crippen molar-refractivity contribution in [1.29, 1.82) is 0 Å². The van der Waals surface area contributed by atoms with E-state index in [2.05, 4.69) is 11.1 Å². The lowest BCUT2D eigenvalue weighted by atomic mass is 10.1. The molecule has 1 aliphatic heterocycles. The van der Waals surface area contributed by atoms with Crippen molar-refractivity contribution in [3.63, 3.8) is 0 Å². The summed E-state index contributed by atoms with van der Waals surface area (Å²) < 4.78 is 1.82. The first-order valence-electron chi connectivity index (χ1n) is 12.3. The molecule has 6 rings (SSSR count). The van der Waals surface area contributed by atoms with Gasteiger partial charge in [-0.25, -0.2) is 4.99 Å². The van der Waals surface area contributed by atoms with E-state index in [-0.39, 0.29) is 12.5 Å². The lowest BCUT2D eigenvalue weighted by molar-refractivity contribution is -0.122. The fourth-order valence-electron chi connectivity index (χ4n) is 4.80. The van der Waals surface area contributed by atoms with Crippen LogP contribution >= 0.6 is 11.8 Å². The summed E-state index contributed by atoms with van der Waals surface area (Å²) in [5, 5.41) is 2.76. The summed E-state index contributed by atoms with van der Waals surface area (Å²) in [4.78, 5) is 35.8. The molecule has 3 heterocycles. The van der Waals surface area contributed by atoms with Gasteiger partial charge in [-0.3, -0.25) is 14.5 Å². The van der Waals surface area contributed by atoms with E-state index < -0.39 is 5.91 Å². The van der Waals surface area contributed by atoms with Gasteiger partial charge in [0.25, 0.3) is 5.91 Å². The Morgan fingerprint density at radius 2 is 1.71 bits per heavy atom. The molecule has 3 aromatic carbocycles. The minimum Gasteiger partial charge on any atom is -0.368 e. The first-order chi connectivity index (χ1) is 18.6. The zero-order valence-corrected chi connectivity index (χ0v) is 21.3. The van der Waals surface area contributed by atoms with Gasteiger partial charge in [-0.15, -0.1) is 0 Å². The molecule has 3 N–H and O–H groups in total. The van der Waals surface area contributed by atoms with Crippen molar-refractivity contribution in [2.75, 3.05) is 6.54 Å². The summed E-state index contributed by atoms with van der Waals surface area (Å²) in [7, 11) is 0. The molecule has 8 heteroatoms. The Labute approximate surface area is 223 Å². The van der Waals surface area contributed by atoms with E-state index in [0.29, 0.717) is 23.0 Å². The van der Waals surface area contributed by atoms with E-state index in [4.69, 9.17) is 10.7 Å². The molecule has 1 aliphatic rings. The lowest BCUT2D eigenvalue weighted by Gasteiger charge is -2.15. The number of primary amides is 1. The molecule has 0 unspecified atom stereocenters. The van der Waals surface area contributed by atoms with Gasteiger partial charge in [0, 0.05) is 46.3 Å². The predicted octanol–water partition coefficient (Wildman–Crippen LogP) is 5.45. The molecule has 1 saturated heterocycles. The second-order valence-electron chi connectivity index (χ2n) is 9.10. The van der Waals surface area contributed by atoms with Gasteiger partial charge in [-0.05, 0) is 54.1 Å². The van der Waals surface area contributed by atoms with Crippen molar-refractivity contribution in [3.05, 3.63) is 107 Å². The van der Waals surface area contributed by atoms with E-state index >= 15 is 0 Å². The third-order valence-corrected chi connectivity index (χ3v) is 7.59. The normalized spacial score (nSPS) is 15.9. The van der Waals surface area contributed by atoms with Gasteiger partial charge in [0.05, 0.1) is 10.6 Å². The number of aromatic nitrogens is 2. The van der Waals surface area contributed by atoms with Crippen LogP contribution < -0.4 is 5.73 Å². The summed E-state index contributed by atoms with van der Waals surface area (Å²) in [5.74, 6) is -0.506. The van der Waals surface area contributed by atoms with Crippen LogP contribution in [-0.4, -0.2) is 38.0 Å². The van der Waals surface area contributed by atoms with Gasteiger partial charge < -0.3 is 15.3 Å². The molecule has 1 fully saturated rings. The number of fused-ring (bicyclic) bond motifs is 2. The van der Waals surface area contributed by atoms with E-state index in [1.54, 1.807) is 4.90 Å². The van der Waals surface area contributed by atoms with Crippen molar-refractivity contribution >= 4 is 62.3 Å². The van der Waals surface area contributed by atoms with Crippen LogP contribution in [-0.2, 0) is 22.6 Å². The third-order valence-electron chi connectivity index (χ3n) is 6.58. The summed E-state index contributed by atoms with van der Waals surface area (Å²) in [6.45, 7) is 0.572. The average molecular weight is 520 g/mol. The number of nitrogens with one attached hydrogen (secondary N) is 1. The van der Waals surface area contributed by atoms with Gasteiger partial charge in [-0.1, -0.05) is 54.6 Å². The Bertz CT molecular complexity index is 1730. The average Bonchev–Trinajstić information content (AvgIpc) is 3.58. The van der Waals surface area contributed by atoms with Crippen LogP contribution in [0.1, 0.15) is 11.1 Å². The Morgan fingerprint density at radius 3 is 2.53 bits per heavy atom. The topological polar surface area (TPSA) is 96.5 Å². The van der Waals surface area contributed by atoms with Crippen LogP contribution in [0.3, 0.4) is 0 Å². The van der Waals surface area contributed by atoms with E-state index in [0.717, 1.165) is 38.6 Å².